The number of hydrogen-bond acceptors (Lipinski definition) is 3. The van der Waals surface area contributed by atoms with Crippen LogP contribution in [0.5, 0.6) is 5.75 Å². The van der Waals surface area contributed by atoms with Crippen LogP contribution in [0, 0.1) is 5.92 Å². The van der Waals surface area contributed by atoms with Crippen LogP contribution in [-0.2, 0) is 6.54 Å². The summed E-state index contributed by atoms with van der Waals surface area (Å²) in [6.45, 7) is 10.8. The molecule has 0 saturated heterocycles. The van der Waals surface area contributed by atoms with Crippen LogP contribution in [0.15, 0.2) is 6.20 Å². The molecule has 2 unspecified atom stereocenters. The largest absolute Gasteiger partial charge is 0.493 e. The summed E-state index contributed by atoms with van der Waals surface area (Å²) >= 11 is 0. The van der Waals surface area contributed by atoms with E-state index in [4.69, 9.17) is 4.74 Å². The molecule has 0 aliphatic carbocycles. The van der Waals surface area contributed by atoms with Crippen molar-refractivity contribution < 1.29 is 4.74 Å². The quantitative estimate of drug-likeness (QED) is 0.745. The molecule has 1 heterocycles. The SMILES string of the molecule is CCCNC(CC(C)CC)c1c(OC)cnn1CC. The van der Waals surface area contributed by atoms with Crippen molar-refractivity contribution >= 4 is 0 Å². The minimum absolute atomic E-state index is 0.326. The molecule has 2 atom stereocenters. The predicted octanol–water partition coefficient (Wildman–Crippen LogP) is 3.39. The van der Waals surface area contributed by atoms with Gasteiger partial charge in [-0.1, -0.05) is 27.2 Å². The summed E-state index contributed by atoms with van der Waals surface area (Å²) in [6.07, 6.45) is 5.29. The highest BCUT2D eigenvalue weighted by Crippen LogP contribution is 2.30. The van der Waals surface area contributed by atoms with E-state index in [0.29, 0.717) is 12.0 Å². The van der Waals surface area contributed by atoms with Crippen LogP contribution in [0.1, 0.15) is 58.7 Å². The zero-order valence-corrected chi connectivity index (χ0v) is 13.1. The summed E-state index contributed by atoms with van der Waals surface area (Å²) in [7, 11) is 1.72. The molecule has 4 heteroatoms. The first-order valence-electron chi connectivity index (χ1n) is 7.50. The molecule has 110 valence electrons. The standard InChI is InChI=1S/C15H29N3O/c1-6-9-16-13(10-12(4)7-2)15-14(19-5)11-17-18(15)8-3/h11-13,16H,6-10H2,1-5H3. The highest BCUT2D eigenvalue weighted by Gasteiger charge is 2.22. The summed E-state index contributed by atoms with van der Waals surface area (Å²) in [6, 6.07) is 0.326. The molecule has 0 aliphatic heterocycles. The Balaban J connectivity index is 2.97. The van der Waals surface area contributed by atoms with Crippen molar-refractivity contribution in [3.8, 4) is 5.75 Å². The molecule has 1 aromatic rings. The minimum atomic E-state index is 0.326. The molecule has 0 aromatic carbocycles. The molecule has 0 aliphatic rings. The smallest absolute Gasteiger partial charge is 0.161 e. The van der Waals surface area contributed by atoms with Gasteiger partial charge in [0.05, 0.1) is 25.0 Å². The monoisotopic (exact) mass is 267 g/mol. The Bertz CT molecular complexity index is 341. The number of rotatable bonds is 9. The Morgan fingerprint density at radius 3 is 2.63 bits per heavy atom. The number of nitrogens with one attached hydrogen (secondary N) is 1. The number of methoxy groups -OCH3 is 1. The number of aromatic nitrogens is 2. The fourth-order valence-corrected chi connectivity index (χ4v) is 2.32. The maximum atomic E-state index is 5.48. The summed E-state index contributed by atoms with van der Waals surface area (Å²) in [4.78, 5) is 0. The Labute approximate surface area is 117 Å². The van der Waals surface area contributed by atoms with Crippen molar-refractivity contribution in [2.45, 2.75) is 59.5 Å². The molecule has 0 saturated carbocycles. The topological polar surface area (TPSA) is 39.1 Å². The van der Waals surface area contributed by atoms with E-state index >= 15 is 0 Å². The van der Waals surface area contributed by atoms with Crippen LogP contribution < -0.4 is 10.1 Å². The van der Waals surface area contributed by atoms with Gasteiger partial charge in [-0.15, -0.1) is 0 Å². The van der Waals surface area contributed by atoms with Gasteiger partial charge in [-0.25, -0.2) is 0 Å². The first-order chi connectivity index (χ1) is 9.17. The van der Waals surface area contributed by atoms with Crippen LogP contribution in [0.25, 0.3) is 0 Å². The number of nitrogens with zero attached hydrogens (tertiary/aromatic N) is 2. The van der Waals surface area contributed by atoms with Gasteiger partial charge in [0.25, 0.3) is 0 Å². The van der Waals surface area contributed by atoms with Gasteiger partial charge in [0.2, 0.25) is 0 Å². The molecule has 4 nitrogen and oxygen atoms in total. The molecule has 1 aromatic heterocycles. The van der Waals surface area contributed by atoms with Crippen molar-refractivity contribution in [3.05, 3.63) is 11.9 Å². The molecule has 0 fully saturated rings. The molecule has 0 spiro atoms. The van der Waals surface area contributed by atoms with E-state index < -0.39 is 0 Å². The predicted molar refractivity (Wildman–Crippen MR) is 79.6 cm³/mol. The van der Waals surface area contributed by atoms with E-state index in [2.05, 4.69) is 42.8 Å². The van der Waals surface area contributed by atoms with Gasteiger partial charge in [0.15, 0.2) is 5.75 Å². The molecule has 19 heavy (non-hydrogen) atoms. The zero-order chi connectivity index (χ0) is 14.3. The highest BCUT2D eigenvalue weighted by molar-refractivity contribution is 5.28. The Hall–Kier alpha value is -1.03. The van der Waals surface area contributed by atoms with Gasteiger partial charge in [-0.2, -0.15) is 5.10 Å². The molecular formula is C15H29N3O. The van der Waals surface area contributed by atoms with E-state index in [9.17, 15) is 0 Å². The Morgan fingerprint density at radius 1 is 1.37 bits per heavy atom. The van der Waals surface area contributed by atoms with Crippen molar-refractivity contribution in [3.63, 3.8) is 0 Å². The van der Waals surface area contributed by atoms with Crippen LogP contribution in [0.4, 0.5) is 0 Å². The summed E-state index contributed by atoms with van der Waals surface area (Å²) < 4.78 is 7.53. The van der Waals surface area contributed by atoms with Gasteiger partial charge in [0, 0.05) is 6.54 Å². The van der Waals surface area contributed by atoms with Crippen molar-refractivity contribution in [1.82, 2.24) is 15.1 Å². The third kappa shape index (κ3) is 4.23. The van der Waals surface area contributed by atoms with Crippen molar-refractivity contribution in [2.75, 3.05) is 13.7 Å². The Morgan fingerprint density at radius 2 is 2.11 bits per heavy atom. The van der Waals surface area contributed by atoms with Gasteiger partial charge in [-0.05, 0) is 32.2 Å². The van der Waals surface area contributed by atoms with E-state index in [0.717, 1.165) is 31.7 Å². The zero-order valence-electron chi connectivity index (χ0n) is 13.1. The second-order valence-corrected chi connectivity index (χ2v) is 5.17. The fraction of sp³-hybridized carbons (Fsp3) is 0.800. The lowest BCUT2D eigenvalue weighted by Crippen LogP contribution is -2.26. The lowest BCUT2D eigenvalue weighted by Gasteiger charge is -2.23. The normalized spacial score (nSPS) is 14.4. The Kier molecular flexibility index (Phi) is 6.92. The van der Waals surface area contributed by atoms with E-state index in [-0.39, 0.29) is 0 Å². The van der Waals surface area contributed by atoms with Crippen LogP contribution in [-0.4, -0.2) is 23.4 Å². The maximum Gasteiger partial charge on any atom is 0.161 e. The van der Waals surface area contributed by atoms with E-state index in [1.807, 2.05) is 6.20 Å². The summed E-state index contributed by atoms with van der Waals surface area (Å²) in [5.74, 6) is 1.60. The molecule has 1 rings (SSSR count). The first kappa shape index (κ1) is 16.0. The lowest BCUT2D eigenvalue weighted by molar-refractivity contribution is 0.356. The van der Waals surface area contributed by atoms with Gasteiger partial charge in [0.1, 0.15) is 0 Å². The molecular weight excluding hydrogens is 238 g/mol. The molecule has 0 bridgehead atoms. The highest BCUT2D eigenvalue weighted by atomic mass is 16.5. The molecule has 1 N–H and O–H groups in total. The average molecular weight is 267 g/mol. The fourth-order valence-electron chi connectivity index (χ4n) is 2.32. The van der Waals surface area contributed by atoms with Crippen molar-refractivity contribution in [2.24, 2.45) is 5.92 Å². The number of ether oxygens (including phenoxy) is 1. The lowest BCUT2D eigenvalue weighted by atomic mass is 9.96. The van der Waals surface area contributed by atoms with E-state index in [1.165, 1.54) is 12.1 Å². The van der Waals surface area contributed by atoms with Gasteiger partial charge >= 0.3 is 0 Å². The van der Waals surface area contributed by atoms with Crippen LogP contribution in [0.2, 0.25) is 0 Å². The van der Waals surface area contributed by atoms with Crippen LogP contribution in [0.3, 0.4) is 0 Å². The molecule has 0 radical (unpaired) electrons. The van der Waals surface area contributed by atoms with Crippen molar-refractivity contribution in [1.29, 1.82) is 0 Å². The maximum absolute atomic E-state index is 5.48. The number of aryl methyl sites for hydroxylation is 1. The van der Waals surface area contributed by atoms with E-state index in [1.54, 1.807) is 7.11 Å². The minimum Gasteiger partial charge on any atom is -0.493 e. The molecule has 0 amide bonds. The summed E-state index contributed by atoms with van der Waals surface area (Å²) in [5.41, 5.74) is 1.19. The average Bonchev–Trinajstić information content (AvgIpc) is 2.85. The van der Waals surface area contributed by atoms with Gasteiger partial charge in [-0.3, -0.25) is 4.68 Å². The first-order valence-corrected chi connectivity index (χ1v) is 7.50. The second-order valence-electron chi connectivity index (χ2n) is 5.17. The third-order valence-electron chi connectivity index (χ3n) is 3.67. The number of hydrogen-bond donors (Lipinski definition) is 1. The second kappa shape index (κ2) is 8.20. The van der Waals surface area contributed by atoms with Crippen LogP contribution >= 0.6 is 0 Å². The third-order valence-corrected chi connectivity index (χ3v) is 3.67. The van der Waals surface area contributed by atoms with Gasteiger partial charge < -0.3 is 10.1 Å². The summed E-state index contributed by atoms with van der Waals surface area (Å²) in [5, 5.41) is 8.06.